The molecule has 0 saturated carbocycles. The summed E-state index contributed by atoms with van der Waals surface area (Å²) in [5.41, 5.74) is 0. The van der Waals surface area contributed by atoms with Crippen LogP contribution in [0.4, 0.5) is 0 Å². The number of sulfonamides is 1. The summed E-state index contributed by atoms with van der Waals surface area (Å²) in [6, 6.07) is 7.15. The highest BCUT2D eigenvalue weighted by Gasteiger charge is 2.27. The van der Waals surface area contributed by atoms with Crippen LogP contribution < -0.4 is 0 Å². The van der Waals surface area contributed by atoms with Crippen LogP contribution in [0.25, 0.3) is 10.8 Å². The lowest BCUT2D eigenvalue weighted by molar-refractivity contribution is 0.302. The van der Waals surface area contributed by atoms with Gasteiger partial charge in [-0.3, -0.25) is 4.98 Å². The van der Waals surface area contributed by atoms with Crippen molar-refractivity contribution in [2.75, 3.05) is 32.7 Å². The van der Waals surface area contributed by atoms with E-state index in [-0.39, 0.29) is 0 Å². The number of likely N-dealkylation sites (N-methyl/N-ethyl adjacent to an activating group) is 1. The predicted molar refractivity (Wildman–Crippen MR) is 87.2 cm³/mol. The molecule has 3 rings (SSSR count). The lowest BCUT2D eigenvalue weighted by Crippen LogP contribution is -2.35. The molecule has 118 valence electrons. The summed E-state index contributed by atoms with van der Waals surface area (Å²) in [5.74, 6) is 0. The van der Waals surface area contributed by atoms with Gasteiger partial charge < -0.3 is 4.90 Å². The second-order valence-electron chi connectivity index (χ2n) is 5.54. The van der Waals surface area contributed by atoms with Gasteiger partial charge in [-0.1, -0.05) is 19.1 Å². The van der Waals surface area contributed by atoms with Crippen molar-refractivity contribution in [1.82, 2.24) is 14.2 Å². The summed E-state index contributed by atoms with van der Waals surface area (Å²) < 4.78 is 27.7. The Labute approximate surface area is 131 Å². The van der Waals surface area contributed by atoms with Crippen LogP contribution in [-0.2, 0) is 10.0 Å². The fourth-order valence-electron chi connectivity index (χ4n) is 2.96. The first-order chi connectivity index (χ1) is 10.6. The predicted octanol–water partition coefficient (Wildman–Crippen LogP) is 1.95. The zero-order chi connectivity index (χ0) is 15.6. The molecule has 0 amide bonds. The fourth-order valence-corrected chi connectivity index (χ4v) is 4.64. The minimum Gasteiger partial charge on any atom is -0.302 e. The van der Waals surface area contributed by atoms with E-state index in [1.165, 1.54) is 0 Å². The molecule has 0 unspecified atom stereocenters. The lowest BCUT2D eigenvalue weighted by Gasteiger charge is -2.21. The molecule has 0 aliphatic carbocycles. The van der Waals surface area contributed by atoms with Crippen LogP contribution in [0.2, 0.25) is 0 Å². The Bertz CT molecular complexity index is 756. The molecule has 0 atom stereocenters. The summed E-state index contributed by atoms with van der Waals surface area (Å²) in [6.07, 6.45) is 4.22. The molecule has 1 aliphatic heterocycles. The van der Waals surface area contributed by atoms with Crippen LogP contribution in [0.15, 0.2) is 41.6 Å². The average molecular weight is 319 g/mol. The first-order valence-electron chi connectivity index (χ1n) is 7.68. The highest BCUT2D eigenvalue weighted by atomic mass is 32.2. The number of rotatable bonds is 3. The first kappa shape index (κ1) is 15.4. The smallest absolute Gasteiger partial charge is 0.243 e. The van der Waals surface area contributed by atoms with Gasteiger partial charge in [-0.05, 0) is 31.6 Å². The molecule has 2 aromatic rings. The van der Waals surface area contributed by atoms with Crippen LogP contribution in [-0.4, -0.2) is 55.3 Å². The van der Waals surface area contributed by atoms with Gasteiger partial charge in [0, 0.05) is 42.8 Å². The number of nitrogens with zero attached hydrogens (tertiary/aromatic N) is 3. The van der Waals surface area contributed by atoms with Crippen LogP contribution in [0.1, 0.15) is 13.3 Å². The molecule has 5 nitrogen and oxygen atoms in total. The lowest BCUT2D eigenvalue weighted by atomic mass is 10.2. The molecule has 0 bridgehead atoms. The van der Waals surface area contributed by atoms with Crippen molar-refractivity contribution in [3.05, 3.63) is 36.7 Å². The van der Waals surface area contributed by atoms with E-state index in [1.807, 2.05) is 6.07 Å². The van der Waals surface area contributed by atoms with Crippen molar-refractivity contribution in [1.29, 1.82) is 0 Å². The van der Waals surface area contributed by atoms with Crippen molar-refractivity contribution in [3.8, 4) is 0 Å². The largest absolute Gasteiger partial charge is 0.302 e. The van der Waals surface area contributed by atoms with Crippen LogP contribution in [0, 0.1) is 0 Å². The Morgan fingerprint density at radius 2 is 2.00 bits per heavy atom. The zero-order valence-electron chi connectivity index (χ0n) is 12.8. The van der Waals surface area contributed by atoms with Crippen LogP contribution in [0.3, 0.4) is 0 Å². The van der Waals surface area contributed by atoms with Crippen molar-refractivity contribution in [2.45, 2.75) is 18.2 Å². The third-order valence-corrected chi connectivity index (χ3v) is 6.21. The third-order valence-electron chi connectivity index (χ3n) is 4.25. The highest BCUT2D eigenvalue weighted by molar-refractivity contribution is 7.89. The minimum atomic E-state index is -3.46. The van der Waals surface area contributed by atoms with Gasteiger partial charge in [0.1, 0.15) is 0 Å². The van der Waals surface area contributed by atoms with Crippen molar-refractivity contribution < 1.29 is 8.42 Å². The summed E-state index contributed by atoms with van der Waals surface area (Å²) in [7, 11) is -3.46. The molecular formula is C16H21N3O2S. The standard InChI is InChI=1S/C16H21N3O2S/c1-2-18-9-4-10-19(12-11-18)22(20,21)16-6-3-5-14-13-17-8-7-15(14)16/h3,5-8,13H,2,4,9-12H2,1H3. The van der Waals surface area contributed by atoms with Gasteiger partial charge in [-0.25, -0.2) is 8.42 Å². The van der Waals surface area contributed by atoms with Crippen LogP contribution in [0.5, 0.6) is 0 Å². The van der Waals surface area contributed by atoms with E-state index in [1.54, 1.807) is 34.9 Å². The van der Waals surface area contributed by atoms with Crippen molar-refractivity contribution in [2.24, 2.45) is 0 Å². The monoisotopic (exact) mass is 319 g/mol. The maximum absolute atomic E-state index is 13.0. The Balaban J connectivity index is 1.98. The molecule has 0 spiro atoms. The topological polar surface area (TPSA) is 53.5 Å². The van der Waals surface area contributed by atoms with E-state index in [9.17, 15) is 8.42 Å². The Hall–Kier alpha value is -1.50. The van der Waals surface area contributed by atoms with E-state index >= 15 is 0 Å². The van der Waals surface area contributed by atoms with Gasteiger partial charge in [0.25, 0.3) is 0 Å². The molecule has 0 radical (unpaired) electrons. The summed E-state index contributed by atoms with van der Waals surface area (Å²) in [4.78, 5) is 6.75. The maximum Gasteiger partial charge on any atom is 0.243 e. The molecule has 1 aromatic carbocycles. The van der Waals surface area contributed by atoms with Gasteiger partial charge in [-0.2, -0.15) is 4.31 Å². The summed E-state index contributed by atoms with van der Waals surface area (Å²) in [6.45, 7) is 5.97. The SMILES string of the molecule is CCN1CCCN(S(=O)(=O)c2cccc3cnccc23)CC1. The highest BCUT2D eigenvalue weighted by Crippen LogP contribution is 2.25. The van der Waals surface area contributed by atoms with E-state index in [2.05, 4.69) is 16.8 Å². The molecule has 22 heavy (non-hydrogen) atoms. The van der Waals surface area contributed by atoms with E-state index in [4.69, 9.17) is 0 Å². The number of pyridine rings is 1. The molecule has 0 N–H and O–H groups in total. The zero-order valence-corrected chi connectivity index (χ0v) is 13.6. The normalized spacial score (nSPS) is 18.4. The minimum absolute atomic E-state index is 0.386. The number of fused-ring (bicyclic) bond motifs is 1. The Kier molecular flexibility index (Phi) is 4.42. The number of hydrogen-bond donors (Lipinski definition) is 0. The van der Waals surface area contributed by atoms with E-state index in [0.29, 0.717) is 18.0 Å². The van der Waals surface area contributed by atoms with E-state index in [0.717, 1.165) is 36.8 Å². The molecule has 6 heteroatoms. The second kappa shape index (κ2) is 6.32. The molecule has 1 aliphatic rings. The summed E-state index contributed by atoms with van der Waals surface area (Å²) in [5, 5.41) is 1.60. The quantitative estimate of drug-likeness (QED) is 0.868. The number of benzene rings is 1. The first-order valence-corrected chi connectivity index (χ1v) is 9.12. The number of hydrogen-bond acceptors (Lipinski definition) is 4. The molecule has 1 saturated heterocycles. The van der Waals surface area contributed by atoms with Crippen molar-refractivity contribution in [3.63, 3.8) is 0 Å². The third kappa shape index (κ3) is 2.86. The average Bonchev–Trinajstić information content (AvgIpc) is 2.80. The summed E-state index contributed by atoms with van der Waals surface area (Å²) >= 11 is 0. The van der Waals surface area contributed by atoms with Gasteiger partial charge in [0.2, 0.25) is 10.0 Å². The molecule has 2 heterocycles. The molecule has 1 aromatic heterocycles. The van der Waals surface area contributed by atoms with Crippen molar-refractivity contribution >= 4 is 20.8 Å². The number of aromatic nitrogens is 1. The molecule has 1 fully saturated rings. The second-order valence-corrected chi connectivity index (χ2v) is 7.45. The van der Waals surface area contributed by atoms with Gasteiger partial charge >= 0.3 is 0 Å². The van der Waals surface area contributed by atoms with Crippen LogP contribution >= 0.6 is 0 Å². The molecular weight excluding hydrogens is 298 g/mol. The van der Waals surface area contributed by atoms with E-state index < -0.39 is 10.0 Å². The maximum atomic E-state index is 13.0. The van der Waals surface area contributed by atoms with Gasteiger partial charge in [0.05, 0.1) is 4.90 Å². The van der Waals surface area contributed by atoms with Gasteiger partial charge in [-0.15, -0.1) is 0 Å². The fraction of sp³-hybridized carbons (Fsp3) is 0.438. The van der Waals surface area contributed by atoms with Gasteiger partial charge in [0.15, 0.2) is 0 Å². The Morgan fingerprint density at radius 3 is 2.82 bits per heavy atom. The Morgan fingerprint density at radius 1 is 1.14 bits per heavy atom.